The molecule has 0 aromatic carbocycles. The molecule has 0 bridgehead atoms. The largest absolute Gasteiger partial charge is 0.462 e. The molecule has 0 aliphatic carbocycles. The molecule has 5 heteroatoms. The van der Waals surface area contributed by atoms with Crippen molar-refractivity contribution in [3.05, 3.63) is 0 Å². The number of rotatable bonds is 0. The Hall–Kier alpha value is -1.10. The van der Waals surface area contributed by atoms with Crippen LogP contribution in [0.25, 0.3) is 0 Å². The van der Waals surface area contributed by atoms with Crippen molar-refractivity contribution in [2.45, 2.75) is 19.4 Å². The van der Waals surface area contributed by atoms with Crippen LogP contribution in [0.1, 0.15) is 13.3 Å². The SMILES string of the molecule is COC(=O)C(=O)N1CCC(O)C(C)C1. The number of aliphatic hydroxyl groups excluding tert-OH is 1. The fraction of sp³-hybridized carbons (Fsp3) is 0.778. The summed E-state index contributed by atoms with van der Waals surface area (Å²) in [6, 6.07) is 0. The maximum absolute atomic E-state index is 11.4. The maximum atomic E-state index is 11.4. The monoisotopic (exact) mass is 201 g/mol. The van der Waals surface area contributed by atoms with Gasteiger partial charge in [0.25, 0.3) is 0 Å². The Bertz CT molecular complexity index is 241. The van der Waals surface area contributed by atoms with E-state index < -0.39 is 11.9 Å². The van der Waals surface area contributed by atoms with E-state index in [4.69, 9.17) is 0 Å². The fourth-order valence-corrected chi connectivity index (χ4v) is 1.53. The maximum Gasteiger partial charge on any atom is 0.396 e. The second-order valence-corrected chi connectivity index (χ2v) is 3.58. The first-order valence-electron chi connectivity index (χ1n) is 4.61. The van der Waals surface area contributed by atoms with Crippen LogP contribution in [0.5, 0.6) is 0 Å². The molecule has 1 fully saturated rings. The second kappa shape index (κ2) is 4.41. The Morgan fingerprint density at radius 2 is 2.14 bits per heavy atom. The Morgan fingerprint density at radius 1 is 1.50 bits per heavy atom. The molecule has 1 N–H and O–H groups in total. The van der Waals surface area contributed by atoms with Gasteiger partial charge in [0.2, 0.25) is 0 Å². The molecule has 80 valence electrons. The third kappa shape index (κ3) is 2.23. The number of hydrogen-bond acceptors (Lipinski definition) is 4. The predicted molar refractivity (Wildman–Crippen MR) is 48.4 cm³/mol. The average Bonchev–Trinajstić information content (AvgIpc) is 2.20. The van der Waals surface area contributed by atoms with Gasteiger partial charge in [-0.15, -0.1) is 0 Å². The standard InChI is InChI=1S/C9H15NO4/c1-6-5-10(4-3-7(6)11)8(12)9(13)14-2/h6-7,11H,3-5H2,1-2H3. The molecule has 0 aromatic rings. The van der Waals surface area contributed by atoms with Crippen molar-refractivity contribution < 1.29 is 19.4 Å². The van der Waals surface area contributed by atoms with Gasteiger partial charge in [0.05, 0.1) is 13.2 Å². The molecule has 1 amide bonds. The van der Waals surface area contributed by atoms with Crippen molar-refractivity contribution in [1.82, 2.24) is 4.90 Å². The molecule has 1 aliphatic rings. The minimum absolute atomic E-state index is 0.0114. The average molecular weight is 201 g/mol. The summed E-state index contributed by atoms with van der Waals surface area (Å²) < 4.78 is 4.33. The highest BCUT2D eigenvalue weighted by molar-refractivity contribution is 6.32. The Kier molecular flexibility index (Phi) is 3.46. The Balaban J connectivity index is 2.54. The number of esters is 1. The van der Waals surface area contributed by atoms with Crippen LogP contribution in [-0.4, -0.2) is 48.2 Å². The molecule has 5 nitrogen and oxygen atoms in total. The highest BCUT2D eigenvalue weighted by atomic mass is 16.5. The van der Waals surface area contributed by atoms with Crippen LogP contribution in [0.3, 0.4) is 0 Å². The first-order chi connectivity index (χ1) is 6.56. The molecule has 1 saturated heterocycles. The van der Waals surface area contributed by atoms with Gasteiger partial charge < -0.3 is 14.7 Å². The molecular weight excluding hydrogens is 186 g/mol. The van der Waals surface area contributed by atoms with Gasteiger partial charge >= 0.3 is 11.9 Å². The Labute approximate surface area is 82.6 Å². The number of hydrogen-bond donors (Lipinski definition) is 1. The van der Waals surface area contributed by atoms with Crippen molar-refractivity contribution in [2.24, 2.45) is 5.92 Å². The van der Waals surface area contributed by atoms with E-state index in [0.29, 0.717) is 19.5 Å². The van der Waals surface area contributed by atoms with Crippen LogP contribution >= 0.6 is 0 Å². The van der Waals surface area contributed by atoms with Gasteiger partial charge in [0.15, 0.2) is 0 Å². The summed E-state index contributed by atoms with van der Waals surface area (Å²) in [5.74, 6) is -1.45. The van der Waals surface area contributed by atoms with Crippen LogP contribution in [0.4, 0.5) is 0 Å². The molecule has 0 aromatic heterocycles. The van der Waals surface area contributed by atoms with Crippen LogP contribution in [0, 0.1) is 5.92 Å². The second-order valence-electron chi connectivity index (χ2n) is 3.58. The van der Waals surface area contributed by atoms with Crippen LogP contribution in [0.15, 0.2) is 0 Å². The molecule has 1 aliphatic heterocycles. The van der Waals surface area contributed by atoms with Crippen molar-refractivity contribution in [3.63, 3.8) is 0 Å². The van der Waals surface area contributed by atoms with Crippen molar-refractivity contribution in [3.8, 4) is 0 Å². The summed E-state index contributed by atoms with van der Waals surface area (Å²) >= 11 is 0. The fourth-order valence-electron chi connectivity index (χ4n) is 1.53. The van der Waals surface area contributed by atoms with Crippen molar-refractivity contribution in [2.75, 3.05) is 20.2 Å². The van der Waals surface area contributed by atoms with E-state index >= 15 is 0 Å². The number of nitrogens with zero attached hydrogens (tertiary/aromatic N) is 1. The minimum Gasteiger partial charge on any atom is -0.462 e. The van der Waals surface area contributed by atoms with Gasteiger partial charge in [-0.1, -0.05) is 6.92 Å². The van der Waals surface area contributed by atoms with Gasteiger partial charge in [0.1, 0.15) is 0 Å². The summed E-state index contributed by atoms with van der Waals surface area (Å²) in [6.45, 7) is 2.68. The van der Waals surface area contributed by atoms with Gasteiger partial charge in [-0.2, -0.15) is 0 Å². The first kappa shape index (κ1) is 11.0. The molecule has 2 unspecified atom stereocenters. The molecule has 1 heterocycles. The molecular formula is C9H15NO4. The highest BCUT2D eigenvalue weighted by Crippen LogP contribution is 2.16. The van der Waals surface area contributed by atoms with E-state index in [2.05, 4.69) is 4.74 Å². The van der Waals surface area contributed by atoms with Gasteiger partial charge in [-0.3, -0.25) is 4.79 Å². The van der Waals surface area contributed by atoms with Gasteiger partial charge in [-0.05, 0) is 12.3 Å². The first-order valence-corrected chi connectivity index (χ1v) is 4.61. The number of piperidine rings is 1. The quantitative estimate of drug-likeness (QED) is 0.419. The van der Waals surface area contributed by atoms with Crippen LogP contribution in [0.2, 0.25) is 0 Å². The van der Waals surface area contributed by atoms with Gasteiger partial charge in [0, 0.05) is 13.1 Å². The zero-order valence-corrected chi connectivity index (χ0v) is 8.40. The number of ether oxygens (including phenoxy) is 1. The molecule has 2 atom stereocenters. The minimum atomic E-state index is -0.839. The predicted octanol–water partition coefficient (Wildman–Crippen LogP) is -0.611. The van der Waals surface area contributed by atoms with Crippen molar-refractivity contribution in [1.29, 1.82) is 0 Å². The number of carbonyl (C=O) groups is 2. The van der Waals surface area contributed by atoms with E-state index in [1.807, 2.05) is 6.92 Å². The summed E-state index contributed by atoms with van der Waals surface area (Å²) in [6.07, 6.45) is 0.140. The topological polar surface area (TPSA) is 66.8 Å². The zero-order chi connectivity index (χ0) is 10.7. The number of carbonyl (C=O) groups excluding carboxylic acids is 2. The van der Waals surface area contributed by atoms with E-state index in [1.54, 1.807) is 0 Å². The summed E-state index contributed by atoms with van der Waals surface area (Å²) in [5.41, 5.74) is 0. The Morgan fingerprint density at radius 3 is 2.64 bits per heavy atom. The number of amides is 1. The zero-order valence-electron chi connectivity index (χ0n) is 8.40. The van der Waals surface area contributed by atoms with Crippen molar-refractivity contribution >= 4 is 11.9 Å². The number of methoxy groups -OCH3 is 1. The van der Waals surface area contributed by atoms with Crippen LogP contribution in [-0.2, 0) is 14.3 Å². The molecule has 14 heavy (non-hydrogen) atoms. The third-order valence-corrected chi connectivity index (χ3v) is 2.51. The van der Waals surface area contributed by atoms with E-state index in [1.165, 1.54) is 12.0 Å². The third-order valence-electron chi connectivity index (χ3n) is 2.51. The summed E-state index contributed by atoms with van der Waals surface area (Å²) in [5, 5.41) is 9.42. The van der Waals surface area contributed by atoms with E-state index in [0.717, 1.165) is 0 Å². The number of likely N-dealkylation sites (tertiary alicyclic amines) is 1. The molecule has 0 saturated carbocycles. The lowest BCUT2D eigenvalue weighted by Gasteiger charge is -2.33. The summed E-state index contributed by atoms with van der Waals surface area (Å²) in [4.78, 5) is 23.7. The summed E-state index contributed by atoms with van der Waals surface area (Å²) in [7, 11) is 1.18. The van der Waals surface area contributed by atoms with E-state index in [-0.39, 0.29) is 12.0 Å². The van der Waals surface area contributed by atoms with E-state index in [9.17, 15) is 14.7 Å². The lowest BCUT2D eigenvalue weighted by Crippen LogP contribution is -2.47. The molecule has 0 radical (unpaired) electrons. The molecule has 1 rings (SSSR count). The highest BCUT2D eigenvalue weighted by Gasteiger charge is 2.30. The smallest absolute Gasteiger partial charge is 0.396 e. The lowest BCUT2D eigenvalue weighted by atomic mass is 9.97. The lowest BCUT2D eigenvalue weighted by molar-refractivity contribution is -0.159. The van der Waals surface area contributed by atoms with Gasteiger partial charge in [-0.25, -0.2) is 4.79 Å². The number of aliphatic hydroxyl groups is 1. The normalized spacial score (nSPS) is 27.2. The van der Waals surface area contributed by atoms with Crippen LogP contribution < -0.4 is 0 Å². The molecule has 0 spiro atoms.